The van der Waals surface area contributed by atoms with Crippen LogP contribution in [0.1, 0.15) is 50.6 Å². The predicted octanol–water partition coefficient (Wildman–Crippen LogP) is 4.72. The Kier molecular flexibility index (Phi) is 7.08. The fourth-order valence-electron chi connectivity index (χ4n) is 5.98. The molecular weight excluding hydrogens is 469 g/mol. The van der Waals surface area contributed by atoms with Gasteiger partial charge in [-0.05, 0) is 37.8 Å². The Labute approximate surface area is 209 Å². The standard InChI is InChI=1S/C27H33F3N4O2/c28-27(29,30)24-17-23(21-10-4-5-11-22(21)31-24)32-13-15-33(16-14-32)26(36)20-9-6-12-34(18-20)25(35)19-7-2-1-3-8-19/h4-5,10-11,17,19-20H,1-3,6-9,12-16,18H2. The van der Waals surface area contributed by atoms with Crippen molar-refractivity contribution in [1.29, 1.82) is 0 Å². The highest BCUT2D eigenvalue weighted by Gasteiger charge is 2.36. The molecule has 2 aromatic rings. The number of likely N-dealkylation sites (tertiary alicyclic amines) is 1. The lowest BCUT2D eigenvalue weighted by Crippen LogP contribution is -2.53. The normalized spacial score (nSPS) is 22.2. The molecule has 36 heavy (non-hydrogen) atoms. The molecule has 3 aliphatic rings. The van der Waals surface area contributed by atoms with Crippen LogP contribution in [0.2, 0.25) is 0 Å². The van der Waals surface area contributed by atoms with Gasteiger partial charge in [0.25, 0.3) is 0 Å². The summed E-state index contributed by atoms with van der Waals surface area (Å²) in [6, 6.07) is 7.98. The maximum absolute atomic E-state index is 13.5. The van der Waals surface area contributed by atoms with Crippen LogP contribution < -0.4 is 4.90 Å². The summed E-state index contributed by atoms with van der Waals surface area (Å²) < 4.78 is 40.4. The SMILES string of the molecule is O=C(C1CCCN(C(=O)C2CCCCC2)C1)N1CCN(c2cc(C(F)(F)F)nc3ccccc23)CC1. The number of benzene rings is 1. The minimum Gasteiger partial charge on any atom is -0.367 e. The number of fused-ring (bicyclic) bond motifs is 1. The first-order valence-corrected chi connectivity index (χ1v) is 13.1. The highest BCUT2D eigenvalue weighted by molar-refractivity contribution is 5.92. The second kappa shape index (κ2) is 10.3. The minimum absolute atomic E-state index is 0.0614. The van der Waals surface area contributed by atoms with Crippen LogP contribution in [-0.4, -0.2) is 65.9 Å². The number of piperazine rings is 1. The van der Waals surface area contributed by atoms with E-state index in [0.717, 1.165) is 51.1 Å². The van der Waals surface area contributed by atoms with Crippen molar-refractivity contribution >= 4 is 28.4 Å². The summed E-state index contributed by atoms with van der Waals surface area (Å²) in [5.74, 6) is 0.178. The second-order valence-electron chi connectivity index (χ2n) is 10.3. The zero-order valence-corrected chi connectivity index (χ0v) is 20.5. The molecule has 194 valence electrons. The van der Waals surface area contributed by atoms with E-state index >= 15 is 0 Å². The molecule has 1 saturated carbocycles. The number of nitrogens with zero attached hydrogens (tertiary/aromatic N) is 4. The number of carbonyl (C=O) groups is 2. The Morgan fingerprint density at radius 2 is 1.47 bits per heavy atom. The average Bonchev–Trinajstić information content (AvgIpc) is 2.92. The van der Waals surface area contributed by atoms with Crippen molar-refractivity contribution in [3.8, 4) is 0 Å². The van der Waals surface area contributed by atoms with Crippen LogP contribution in [0.15, 0.2) is 30.3 Å². The lowest BCUT2D eigenvalue weighted by atomic mass is 9.87. The molecule has 1 unspecified atom stereocenters. The van der Waals surface area contributed by atoms with Gasteiger partial charge in [-0.2, -0.15) is 13.2 Å². The number of halogens is 3. The maximum Gasteiger partial charge on any atom is 0.433 e. The number of amides is 2. The largest absolute Gasteiger partial charge is 0.433 e. The van der Waals surface area contributed by atoms with Crippen molar-refractivity contribution in [2.24, 2.45) is 11.8 Å². The molecule has 0 radical (unpaired) electrons. The van der Waals surface area contributed by atoms with Gasteiger partial charge in [0.2, 0.25) is 11.8 Å². The lowest BCUT2D eigenvalue weighted by Gasteiger charge is -2.40. The van der Waals surface area contributed by atoms with Gasteiger partial charge in [-0.15, -0.1) is 0 Å². The number of alkyl halides is 3. The van der Waals surface area contributed by atoms with Gasteiger partial charge >= 0.3 is 6.18 Å². The number of rotatable bonds is 3. The molecule has 1 aliphatic carbocycles. The summed E-state index contributed by atoms with van der Waals surface area (Å²) in [6.45, 7) is 3.01. The minimum atomic E-state index is -4.53. The zero-order chi connectivity index (χ0) is 25.3. The van der Waals surface area contributed by atoms with Crippen LogP contribution >= 0.6 is 0 Å². The van der Waals surface area contributed by atoms with Gasteiger partial charge in [-0.3, -0.25) is 9.59 Å². The van der Waals surface area contributed by atoms with Gasteiger partial charge in [0.1, 0.15) is 5.69 Å². The van der Waals surface area contributed by atoms with Gasteiger partial charge in [-0.1, -0.05) is 37.5 Å². The van der Waals surface area contributed by atoms with Crippen LogP contribution in [0, 0.1) is 11.8 Å². The molecule has 0 spiro atoms. The Hall–Kier alpha value is -2.84. The smallest absolute Gasteiger partial charge is 0.367 e. The summed E-state index contributed by atoms with van der Waals surface area (Å²) in [6.07, 6.45) is 2.39. The number of piperidine rings is 1. The number of aromatic nitrogens is 1. The molecule has 2 saturated heterocycles. The molecule has 9 heteroatoms. The van der Waals surface area contributed by atoms with Crippen molar-refractivity contribution in [3.05, 3.63) is 36.0 Å². The van der Waals surface area contributed by atoms with E-state index in [0.29, 0.717) is 49.3 Å². The fraction of sp³-hybridized carbons (Fsp3) is 0.593. The average molecular weight is 503 g/mol. The quantitative estimate of drug-likeness (QED) is 0.610. The van der Waals surface area contributed by atoms with Crippen molar-refractivity contribution in [2.75, 3.05) is 44.2 Å². The number of hydrogen-bond acceptors (Lipinski definition) is 4. The molecule has 0 bridgehead atoms. The van der Waals surface area contributed by atoms with Gasteiger partial charge in [0, 0.05) is 56.3 Å². The Morgan fingerprint density at radius 3 is 2.19 bits per heavy atom. The van der Waals surface area contributed by atoms with E-state index in [-0.39, 0.29) is 23.7 Å². The topological polar surface area (TPSA) is 56.8 Å². The van der Waals surface area contributed by atoms with Crippen molar-refractivity contribution in [2.45, 2.75) is 51.1 Å². The molecule has 6 nitrogen and oxygen atoms in total. The molecule has 1 aromatic heterocycles. The van der Waals surface area contributed by atoms with Crippen LogP contribution in [0.25, 0.3) is 10.9 Å². The highest BCUT2D eigenvalue weighted by Crippen LogP contribution is 2.35. The number of carbonyl (C=O) groups excluding carboxylic acids is 2. The fourth-order valence-corrected chi connectivity index (χ4v) is 5.98. The third-order valence-electron chi connectivity index (χ3n) is 7.95. The van der Waals surface area contributed by atoms with Crippen molar-refractivity contribution in [1.82, 2.24) is 14.8 Å². The van der Waals surface area contributed by atoms with Crippen LogP contribution in [0.4, 0.5) is 18.9 Å². The zero-order valence-electron chi connectivity index (χ0n) is 20.5. The van der Waals surface area contributed by atoms with Crippen LogP contribution in [0.3, 0.4) is 0 Å². The first-order valence-electron chi connectivity index (χ1n) is 13.1. The third kappa shape index (κ3) is 5.15. The molecule has 2 aliphatic heterocycles. The molecule has 1 aromatic carbocycles. The molecule has 5 rings (SSSR count). The Morgan fingerprint density at radius 1 is 0.806 bits per heavy atom. The predicted molar refractivity (Wildman–Crippen MR) is 131 cm³/mol. The number of pyridine rings is 1. The third-order valence-corrected chi connectivity index (χ3v) is 7.95. The van der Waals surface area contributed by atoms with E-state index in [2.05, 4.69) is 4.98 Å². The monoisotopic (exact) mass is 502 g/mol. The van der Waals surface area contributed by atoms with Crippen molar-refractivity contribution in [3.63, 3.8) is 0 Å². The Balaban J connectivity index is 1.24. The van der Waals surface area contributed by atoms with E-state index in [1.807, 2.05) is 14.7 Å². The maximum atomic E-state index is 13.5. The number of anilines is 1. The van der Waals surface area contributed by atoms with Crippen molar-refractivity contribution < 1.29 is 22.8 Å². The van der Waals surface area contributed by atoms with Gasteiger partial charge < -0.3 is 14.7 Å². The van der Waals surface area contributed by atoms with Gasteiger partial charge in [0.15, 0.2) is 0 Å². The lowest BCUT2D eigenvalue weighted by molar-refractivity contribution is -0.143. The van der Waals surface area contributed by atoms with E-state index < -0.39 is 11.9 Å². The van der Waals surface area contributed by atoms with Gasteiger partial charge in [0.05, 0.1) is 11.4 Å². The molecule has 2 amide bonds. The summed E-state index contributed by atoms with van der Waals surface area (Å²) in [5, 5.41) is 0.675. The second-order valence-corrected chi connectivity index (χ2v) is 10.3. The summed E-state index contributed by atoms with van der Waals surface area (Å²) in [5.41, 5.74) is -0.0904. The molecule has 3 heterocycles. The summed E-state index contributed by atoms with van der Waals surface area (Å²) >= 11 is 0. The van der Waals surface area contributed by atoms with Crippen LogP contribution in [0.5, 0.6) is 0 Å². The van der Waals surface area contributed by atoms with Gasteiger partial charge in [-0.25, -0.2) is 4.98 Å². The van der Waals surface area contributed by atoms with E-state index in [1.54, 1.807) is 24.3 Å². The van der Waals surface area contributed by atoms with E-state index in [1.165, 1.54) is 6.42 Å². The molecule has 1 atom stereocenters. The Bertz CT molecular complexity index is 1110. The number of hydrogen-bond donors (Lipinski definition) is 0. The van der Waals surface area contributed by atoms with Crippen LogP contribution in [-0.2, 0) is 15.8 Å². The van der Waals surface area contributed by atoms with E-state index in [4.69, 9.17) is 0 Å². The first-order chi connectivity index (χ1) is 17.3. The molecular formula is C27H33F3N4O2. The first kappa shape index (κ1) is 24.8. The summed E-state index contributed by atoms with van der Waals surface area (Å²) in [7, 11) is 0. The number of para-hydroxylation sites is 1. The van der Waals surface area contributed by atoms with E-state index in [9.17, 15) is 22.8 Å². The highest BCUT2D eigenvalue weighted by atomic mass is 19.4. The summed E-state index contributed by atoms with van der Waals surface area (Å²) in [4.78, 5) is 35.8. The molecule has 3 fully saturated rings. The molecule has 0 N–H and O–H groups in total.